The lowest BCUT2D eigenvalue weighted by Gasteiger charge is -2.25. The summed E-state index contributed by atoms with van der Waals surface area (Å²) in [6, 6.07) is 6.52. The Morgan fingerprint density at radius 1 is 1.10 bits per heavy atom. The van der Waals surface area contributed by atoms with Crippen LogP contribution in [0.25, 0.3) is 0 Å². The van der Waals surface area contributed by atoms with Crippen molar-refractivity contribution in [3.8, 4) is 0 Å². The molecule has 2 aliphatic heterocycles. The molecule has 156 valence electrons. The molecular formula is C21H21FN4O4. The van der Waals surface area contributed by atoms with Crippen LogP contribution in [-0.2, 0) is 17.7 Å². The number of imide groups is 1. The fraction of sp³-hybridized carbons (Fsp3) is 0.333. The van der Waals surface area contributed by atoms with E-state index in [0.717, 1.165) is 4.90 Å². The predicted molar refractivity (Wildman–Crippen MR) is 105 cm³/mol. The van der Waals surface area contributed by atoms with Crippen LogP contribution in [0.1, 0.15) is 36.8 Å². The van der Waals surface area contributed by atoms with Gasteiger partial charge in [0.05, 0.1) is 48.4 Å². The molecule has 0 saturated heterocycles. The lowest BCUT2D eigenvalue weighted by Crippen LogP contribution is -2.39. The molecule has 9 heteroatoms. The van der Waals surface area contributed by atoms with Gasteiger partial charge in [-0.1, -0.05) is 12.1 Å². The molecule has 0 unspecified atom stereocenters. The number of methoxy groups -OCH3 is 1. The van der Waals surface area contributed by atoms with E-state index in [1.807, 2.05) is 0 Å². The Morgan fingerprint density at radius 2 is 1.80 bits per heavy atom. The van der Waals surface area contributed by atoms with E-state index in [2.05, 4.69) is 5.10 Å². The van der Waals surface area contributed by atoms with Gasteiger partial charge >= 0.3 is 0 Å². The monoisotopic (exact) mass is 412 g/mol. The van der Waals surface area contributed by atoms with Crippen molar-refractivity contribution in [1.82, 2.24) is 19.6 Å². The van der Waals surface area contributed by atoms with Gasteiger partial charge in [0.1, 0.15) is 0 Å². The second kappa shape index (κ2) is 8.19. The Bertz CT molecular complexity index is 1010. The van der Waals surface area contributed by atoms with Crippen LogP contribution in [0.4, 0.5) is 4.39 Å². The molecule has 0 N–H and O–H groups in total. The molecule has 2 aromatic rings. The number of hydrogen-bond donors (Lipinski definition) is 0. The van der Waals surface area contributed by atoms with E-state index < -0.39 is 11.8 Å². The molecule has 8 nitrogen and oxygen atoms in total. The van der Waals surface area contributed by atoms with E-state index >= 15 is 0 Å². The van der Waals surface area contributed by atoms with Gasteiger partial charge in [0.15, 0.2) is 0 Å². The molecule has 1 aromatic carbocycles. The highest BCUT2D eigenvalue weighted by Crippen LogP contribution is 2.24. The quantitative estimate of drug-likeness (QED) is 0.646. The third-order valence-electron chi connectivity index (χ3n) is 5.30. The van der Waals surface area contributed by atoms with Crippen molar-refractivity contribution in [3.05, 3.63) is 64.7 Å². The highest BCUT2D eigenvalue weighted by Gasteiger charge is 2.35. The topological polar surface area (TPSA) is 84.7 Å². The van der Waals surface area contributed by atoms with E-state index in [0.29, 0.717) is 54.8 Å². The number of nitrogens with zero attached hydrogens (tertiary/aromatic N) is 4. The van der Waals surface area contributed by atoms with Gasteiger partial charge in [-0.05, 0) is 17.7 Å². The zero-order valence-electron chi connectivity index (χ0n) is 16.5. The average Bonchev–Trinajstić information content (AvgIpc) is 3.28. The number of carbonyl (C=O) groups excluding carboxylic acids is 3. The van der Waals surface area contributed by atoms with Gasteiger partial charge in [-0.15, -0.1) is 0 Å². The molecule has 0 bridgehead atoms. The molecule has 1 aromatic heterocycles. The van der Waals surface area contributed by atoms with Crippen molar-refractivity contribution in [2.75, 3.05) is 33.4 Å². The van der Waals surface area contributed by atoms with Gasteiger partial charge in [-0.25, -0.2) is 4.39 Å². The van der Waals surface area contributed by atoms with Gasteiger partial charge in [0, 0.05) is 32.8 Å². The number of benzene rings is 1. The van der Waals surface area contributed by atoms with Crippen molar-refractivity contribution in [2.45, 2.75) is 13.0 Å². The third-order valence-corrected chi connectivity index (χ3v) is 5.30. The minimum Gasteiger partial charge on any atom is -0.383 e. The summed E-state index contributed by atoms with van der Waals surface area (Å²) < 4.78 is 20.1. The minimum atomic E-state index is -0.446. The number of halogens is 1. The molecule has 0 fully saturated rings. The van der Waals surface area contributed by atoms with Crippen molar-refractivity contribution in [1.29, 1.82) is 0 Å². The van der Waals surface area contributed by atoms with Crippen LogP contribution in [-0.4, -0.2) is 70.7 Å². The average molecular weight is 412 g/mol. The zero-order valence-corrected chi connectivity index (χ0v) is 16.5. The maximum Gasteiger partial charge on any atom is 0.261 e. The molecule has 0 aliphatic carbocycles. The molecule has 30 heavy (non-hydrogen) atoms. The number of aromatic nitrogens is 2. The number of carbonyl (C=O) groups is 3. The van der Waals surface area contributed by atoms with Crippen LogP contribution >= 0.6 is 0 Å². The van der Waals surface area contributed by atoms with Crippen molar-refractivity contribution >= 4 is 17.7 Å². The van der Waals surface area contributed by atoms with Crippen LogP contribution in [0, 0.1) is 0 Å². The molecule has 0 saturated carbocycles. The normalized spacial score (nSPS) is 16.3. The van der Waals surface area contributed by atoms with E-state index in [4.69, 9.17) is 4.74 Å². The number of ether oxygens (including phenoxy) is 1. The second-order valence-corrected chi connectivity index (χ2v) is 7.23. The summed E-state index contributed by atoms with van der Waals surface area (Å²) in [6.07, 6.45) is 2.57. The summed E-state index contributed by atoms with van der Waals surface area (Å²) in [5, 5.41) is 4.40. The number of rotatable bonds is 7. The summed E-state index contributed by atoms with van der Waals surface area (Å²) in [4.78, 5) is 40.4. The van der Waals surface area contributed by atoms with Gasteiger partial charge in [-0.3, -0.25) is 24.0 Å². The molecule has 3 heterocycles. The van der Waals surface area contributed by atoms with Crippen molar-refractivity contribution in [3.63, 3.8) is 0 Å². The molecule has 0 atom stereocenters. The number of hydrogen-bond acceptors (Lipinski definition) is 5. The highest BCUT2D eigenvalue weighted by atomic mass is 19.1. The first-order chi connectivity index (χ1) is 14.5. The third kappa shape index (κ3) is 3.52. The fourth-order valence-electron chi connectivity index (χ4n) is 3.75. The standard InChI is InChI=1S/C21H21FN4O4/c1-30-9-8-24-7-6-18-17(19(24)27)13-25(23-18)11-14(10-22)12-26-20(28)15-4-2-3-5-16(15)21(26)29/h2-5,10,13H,6-9,11-12H2,1H3/b14-10-. The van der Waals surface area contributed by atoms with Gasteiger partial charge in [-0.2, -0.15) is 5.10 Å². The van der Waals surface area contributed by atoms with Gasteiger partial charge in [0.2, 0.25) is 0 Å². The van der Waals surface area contributed by atoms with Crippen LogP contribution < -0.4 is 0 Å². The zero-order chi connectivity index (χ0) is 21.3. The van der Waals surface area contributed by atoms with E-state index in [1.165, 1.54) is 4.68 Å². The van der Waals surface area contributed by atoms with E-state index in [1.54, 1.807) is 42.5 Å². The summed E-state index contributed by atoms with van der Waals surface area (Å²) in [7, 11) is 1.58. The summed E-state index contributed by atoms with van der Waals surface area (Å²) in [5.41, 5.74) is 1.98. The fourth-order valence-corrected chi connectivity index (χ4v) is 3.75. The molecule has 2 aliphatic rings. The summed E-state index contributed by atoms with van der Waals surface area (Å²) >= 11 is 0. The summed E-state index contributed by atoms with van der Waals surface area (Å²) in [5.74, 6) is -1.02. The summed E-state index contributed by atoms with van der Waals surface area (Å²) in [6.45, 7) is 1.34. The van der Waals surface area contributed by atoms with Crippen molar-refractivity contribution in [2.24, 2.45) is 0 Å². The van der Waals surface area contributed by atoms with Crippen LogP contribution in [0.2, 0.25) is 0 Å². The molecule has 0 radical (unpaired) electrons. The Hall–Kier alpha value is -3.33. The Labute approximate surface area is 172 Å². The van der Waals surface area contributed by atoms with E-state index in [9.17, 15) is 18.8 Å². The highest BCUT2D eigenvalue weighted by molar-refractivity contribution is 6.21. The largest absolute Gasteiger partial charge is 0.383 e. The van der Waals surface area contributed by atoms with Crippen LogP contribution in [0.3, 0.4) is 0 Å². The predicted octanol–water partition coefficient (Wildman–Crippen LogP) is 1.68. The Morgan fingerprint density at radius 3 is 2.43 bits per heavy atom. The second-order valence-electron chi connectivity index (χ2n) is 7.23. The SMILES string of the molecule is COCCN1CCc2nn(C/C(=C/F)CN3C(=O)c4ccccc4C3=O)cc2C1=O. The Kier molecular flexibility index (Phi) is 5.45. The van der Waals surface area contributed by atoms with Crippen LogP contribution in [0.15, 0.2) is 42.4 Å². The lowest BCUT2D eigenvalue weighted by molar-refractivity contribution is 0.0661. The molecule has 0 spiro atoms. The first kappa shape index (κ1) is 20.0. The van der Waals surface area contributed by atoms with Crippen LogP contribution in [0.5, 0.6) is 0 Å². The molecule has 4 rings (SSSR count). The van der Waals surface area contributed by atoms with Gasteiger partial charge < -0.3 is 9.64 Å². The number of amides is 3. The first-order valence-corrected chi connectivity index (χ1v) is 9.61. The smallest absolute Gasteiger partial charge is 0.261 e. The maximum absolute atomic E-state index is 13.6. The first-order valence-electron chi connectivity index (χ1n) is 9.61. The Balaban J connectivity index is 1.47. The number of fused-ring (bicyclic) bond motifs is 2. The lowest BCUT2D eigenvalue weighted by atomic mass is 10.1. The minimum absolute atomic E-state index is 0.0300. The van der Waals surface area contributed by atoms with Gasteiger partial charge in [0.25, 0.3) is 17.7 Å². The van der Waals surface area contributed by atoms with Crippen molar-refractivity contribution < 1.29 is 23.5 Å². The van der Waals surface area contributed by atoms with E-state index in [-0.39, 0.29) is 24.6 Å². The maximum atomic E-state index is 13.6. The molecular weight excluding hydrogens is 391 g/mol. The molecule has 3 amide bonds.